The van der Waals surface area contributed by atoms with Crippen LogP contribution in [0.5, 0.6) is 5.75 Å². The Bertz CT molecular complexity index is 1110. The van der Waals surface area contributed by atoms with Crippen molar-refractivity contribution in [2.24, 2.45) is 0 Å². The van der Waals surface area contributed by atoms with Gasteiger partial charge in [-0.15, -0.1) is 0 Å². The Hall–Kier alpha value is -3.11. The van der Waals surface area contributed by atoms with Crippen LogP contribution in [0.1, 0.15) is 23.2 Å². The molecule has 0 radical (unpaired) electrons. The lowest BCUT2D eigenvalue weighted by molar-refractivity contribution is -0.122. The number of hydrogen-bond donors (Lipinski definition) is 2. The summed E-state index contributed by atoms with van der Waals surface area (Å²) in [5, 5.41) is 5.55. The second kappa shape index (κ2) is 9.17. The highest BCUT2D eigenvalue weighted by molar-refractivity contribution is 7.92. The number of benzene rings is 2. The third kappa shape index (κ3) is 4.86. The zero-order valence-corrected chi connectivity index (χ0v) is 18.4. The van der Waals surface area contributed by atoms with Gasteiger partial charge in [-0.1, -0.05) is 24.3 Å². The van der Waals surface area contributed by atoms with Gasteiger partial charge in [-0.3, -0.25) is 13.9 Å². The van der Waals surface area contributed by atoms with Crippen molar-refractivity contribution in [3.8, 4) is 5.75 Å². The van der Waals surface area contributed by atoms with Crippen molar-refractivity contribution in [1.82, 2.24) is 5.32 Å². The molecule has 2 atom stereocenters. The number of para-hydroxylation sites is 3. The number of hydrogen-bond acceptors (Lipinski definition) is 6. The summed E-state index contributed by atoms with van der Waals surface area (Å²) in [6.45, 7) is 0.921. The van der Waals surface area contributed by atoms with Crippen molar-refractivity contribution < 1.29 is 27.5 Å². The van der Waals surface area contributed by atoms with Crippen LogP contribution in [0.2, 0.25) is 0 Å². The van der Waals surface area contributed by atoms with Crippen molar-refractivity contribution in [3.05, 3.63) is 54.1 Å². The molecule has 0 unspecified atom stereocenters. The predicted octanol–water partition coefficient (Wildman–Crippen LogP) is 1.76. The smallest absolute Gasteiger partial charge is 0.267 e. The molecule has 2 aromatic carbocycles. The van der Waals surface area contributed by atoms with Crippen LogP contribution in [-0.4, -0.2) is 58.4 Å². The van der Waals surface area contributed by atoms with Gasteiger partial charge in [0.1, 0.15) is 5.75 Å². The number of carbonyl (C=O) groups is 2. The summed E-state index contributed by atoms with van der Waals surface area (Å²) in [6.07, 6.45) is 1.87. The average molecular weight is 460 g/mol. The van der Waals surface area contributed by atoms with Gasteiger partial charge in [-0.2, -0.15) is 0 Å². The van der Waals surface area contributed by atoms with Gasteiger partial charge in [0.25, 0.3) is 11.8 Å². The van der Waals surface area contributed by atoms with Gasteiger partial charge in [-0.25, -0.2) is 8.42 Å². The highest BCUT2D eigenvalue weighted by Crippen LogP contribution is 2.34. The molecule has 2 N–H and O–H groups in total. The molecule has 0 aliphatic carbocycles. The van der Waals surface area contributed by atoms with Gasteiger partial charge < -0.3 is 20.1 Å². The number of ether oxygens (including phenoxy) is 2. The molecule has 2 amide bonds. The molecule has 0 saturated carbocycles. The molecule has 2 heterocycles. The van der Waals surface area contributed by atoms with Gasteiger partial charge >= 0.3 is 0 Å². The molecule has 0 aromatic heterocycles. The van der Waals surface area contributed by atoms with E-state index in [2.05, 4.69) is 10.6 Å². The standard InChI is InChI=1S/C22H25N3O6S/c1-32(28,29)25-14-20(31-19-11-5-4-10-18(19)25)22(27)24-17-9-3-2-8-16(17)21(26)23-13-15-7-6-12-30-15/h2-5,8-11,15,20H,6-7,12-14H2,1H3,(H,23,26)(H,24,27)/t15-,20+/m0/s1. The Morgan fingerprint density at radius 3 is 2.62 bits per heavy atom. The summed E-state index contributed by atoms with van der Waals surface area (Å²) in [7, 11) is -3.62. The maximum Gasteiger partial charge on any atom is 0.267 e. The van der Waals surface area contributed by atoms with Gasteiger partial charge in [-0.05, 0) is 37.1 Å². The SMILES string of the molecule is CS(=O)(=O)N1C[C@H](C(=O)Nc2ccccc2C(=O)NC[C@@H]2CCCO2)Oc2ccccc21. The number of amides is 2. The fraction of sp³-hybridized carbons (Fsp3) is 0.364. The monoisotopic (exact) mass is 459 g/mol. The Kier molecular flexibility index (Phi) is 6.33. The lowest BCUT2D eigenvalue weighted by Gasteiger charge is -2.33. The molecule has 0 bridgehead atoms. The fourth-order valence-electron chi connectivity index (χ4n) is 3.76. The second-order valence-corrected chi connectivity index (χ2v) is 9.66. The third-order valence-electron chi connectivity index (χ3n) is 5.37. The Morgan fingerprint density at radius 1 is 1.12 bits per heavy atom. The minimum Gasteiger partial charge on any atom is -0.476 e. The Balaban J connectivity index is 1.49. The number of nitrogens with one attached hydrogen (secondary N) is 2. The van der Waals surface area contributed by atoms with Crippen molar-refractivity contribution in [2.75, 3.05) is 35.6 Å². The van der Waals surface area contributed by atoms with Crippen LogP contribution in [0.25, 0.3) is 0 Å². The van der Waals surface area contributed by atoms with E-state index in [0.29, 0.717) is 35.8 Å². The van der Waals surface area contributed by atoms with E-state index in [1.165, 1.54) is 0 Å². The maximum atomic E-state index is 13.0. The van der Waals surface area contributed by atoms with Crippen LogP contribution in [0.3, 0.4) is 0 Å². The first-order valence-corrected chi connectivity index (χ1v) is 12.2. The topological polar surface area (TPSA) is 114 Å². The highest BCUT2D eigenvalue weighted by Gasteiger charge is 2.35. The molecule has 2 aliphatic heterocycles. The van der Waals surface area contributed by atoms with E-state index in [1.807, 2.05) is 0 Å². The lowest BCUT2D eigenvalue weighted by atomic mass is 10.1. The maximum absolute atomic E-state index is 13.0. The predicted molar refractivity (Wildman–Crippen MR) is 119 cm³/mol. The van der Waals surface area contributed by atoms with Crippen molar-refractivity contribution >= 4 is 33.2 Å². The van der Waals surface area contributed by atoms with E-state index in [1.54, 1.807) is 48.5 Å². The van der Waals surface area contributed by atoms with Crippen LogP contribution >= 0.6 is 0 Å². The Morgan fingerprint density at radius 2 is 1.88 bits per heavy atom. The Labute approximate surface area is 186 Å². The summed E-state index contributed by atoms with van der Waals surface area (Å²) < 4.78 is 37.0. The molecule has 4 rings (SSSR count). The number of rotatable bonds is 6. The van der Waals surface area contributed by atoms with Crippen molar-refractivity contribution in [1.29, 1.82) is 0 Å². The van der Waals surface area contributed by atoms with E-state index in [-0.39, 0.29) is 18.6 Å². The first-order valence-electron chi connectivity index (χ1n) is 10.4. The molecule has 2 aliphatic rings. The van der Waals surface area contributed by atoms with Gasteiger partial charge in [0.2, 0.25) is 10.0 Å². The second-order valence-electron chi connectivity index (χ2n) is 7.75. The van der Waals surface area contributed by atoms with E-state index in [0.717, 1.165) is 23.4 Å². The van der Waals surface area contributed by atoms with Crippen LogP contribution in [-0.2, 0) is 19.6 Å². The zero-order valence-electron chi connectivity index (χ0n) is 17.6. The minimum absolute atomic E-state index is 0.00149. The molecular weight excluding hydrogens is 434 g/mol. The first-order chi connectivity index (χ1) is 15.3. The summed E-state index contributed by atoms with van der Waals surface area (Å²) in [6, 6.07) is 13.3. The average Bonchev–Trinajstić information content (AvgIpc) is 3.30. The fourth-order valence-corrected chi connectivity index (χ4v) is 4.68. The minimum atomic E-state index is -3.62. The van der Waals surface area contributed by atoms with E-state index in [9.17, 15) is 18.0 Å². The number of sulfonamides is 1. The largest absolute Gasteiger partial charge is 0.476 e. The van der Waals surface area contributed by atoms with E-state index < -0.39 is 22.0 Å². The molecule has 2 aromatic rings. The number of anilines is 2. The zero-order chi connectivity index (χ0) is 22.7. The number of nitrogens with zero attached hydrogens (tertiary/aromatic N) is 1. The normalized spacial score (nSPS) is 20.2. The molecule has 170 valence electrons. The summed E-state index contributed by atoms with van der Waals surface area (Å²) in [4.78, 5) is 25.7. The third-order valence-corrected chi connectivity index (χ3v) is 6.52. The van der Waals surface area contributed by atoms with Crippen molar-refractivity contribution in [3.63, 3.8) is 0 Å². The molecular formula is C22H25N3O6S. The van der Waals surface area contributed by atoms with Crippen LogP contribution < -0.4 is 19.7 Å². The van der Waals surface area contributed by atoms with E-state index in [4.69, 9.17) is 9.47 Å². The van der Waals surface area contributed by atoms with Gasteiger partial charge in [0, 0.05) is 13.2 Å². The van der Waals surface area contributed by atoms with Crippen molar-refractivity contribution in [2.45, 2.75) is 25.0 Å². The molecule has 0 spiro atoms. The summed E-state index contributed by atoms with van der Waals surface area (Å²) in [5.74, 6) is -0.580. The highest BCUT2D eigenvalue weighted by atomic mass is 32.2. The number of carbonyl (C=O) groups excluding carboxylic acids is 2. The molecule has 32 heavy (non-hydrogen) atoms. The van der Waals surface area contributed by atoms with Gasteiger partial charge in [0.15, 0.2) is 6.10 Å². The van der Waals surface area contributed by atoms with Gasteiger partial charge in [0.05, 0.1) is 35.8 Å². The summed E-state index contributed by atoms with van der Waals surface area (Å²) in [5.41, 5.74) is 0.999. The quantitative estimate of drug-likeness (QED) is 0.681. The molecule has 9 nitrogen and oxygen atoms in total. The number of fused-ring (bicyclic) bond motifs is 1. The molecule has 1 fully saturated rings. The lowest BCUT2D eigenvalue weighted by Crippen LogP contribution is -2.48. The first kappa shape index (κ1) is 22.1. The summed E-state index contributed by atoms with van der Waals surface area (Å²) >= 11 is 0. The molecule has 1 saturated heterocycles. The van der Waals surface area contributed by atoms with Crippen LogP contribution in [0.15, 0.2) is 48.5 Å². The van der Waals surface area contributed by atoms with Crippen LogP contribution in [0.4, 0.5) is 11.4 Å². The van der Waals surface area contributed by atoms with Crippen LogP contribution in [0, 0.1) is 0 Å². The molecule has 10 heteroatoms. The van der Waals surface area contributed by atoms with E-state index >= 15 is 0 Å².